The van der Waals surface area contributed by atoms with Crippen LogP contribution in [0.1, 0.15) is 60.3 Å². The van der Waals surface area contributed by atoms with E-state index in [0.29, 0.717) is 12.1 Å². The largest absolute Gasteiger partial charge is 0.312 e. The lowest BCUT2D eigenvalue weighted by Gasteiger charge is -2.35. The van der Waals surface area contributed by atoms with E-state index in [1.165, 1.54) is 32.2 Å². The normalized spacial score (nSPS) is 15.5. The van der Waals surface area contributed by atoms with Crippen molar-refractivity contribution in [3.8, 4) is 0 Å². The lowest BCUT2D eigenvalue weighted by molar-refractivity contribution is 0.163. The van der Waals surface area contributed by atoms with E-state index in [4.69, 9.17) is 0 Å². The van der Waals surface area contributed by atoms with Crippen LogP contribution in [-0.2, 0) is 0 Å². The molecule has 0 radical (unpaired) electrons. The standard InChI is InChI=1S/C15H34N2/c1-7-10-14(16-11-8-2)15(9-3)17(6)12-13(4)5/h13-16H,7-12H2,1-6H3. The van der Waals surface area contributed by atoms with Gasteiger partial charge in [-0.25, -0.2) is 0 Å². The van der Waals surface area contributed by atoms with Crippen LogP contribution in [0.3, 0.4) is 0 Å². The summed E-state index contributed by atoms with van der Waals surface area (Å²) in [5, 5.41) is 3.73. The minimum Gasteiger partial charge on any atom is -0.312 e. The van der Waals surface area contributed by atoms with Gasteiger partial charge in [-0.3, -0.25) is 0 Å². The zero-order valence-corrected chi connectivity index (χ0v) is 12.9. The van der Waals surface area contributed by atoms with Gasteiger partial charge in [0.05, 0.1) is 0 Å². The lowest BCUT2D eigenvalue weighted by Crippen LogP contribution is -2.49. The monoisotopic (exact) mass is 242 g/mol. The third-order valence-electron chi connectivity index (χ3n) is 3.36. The maximum atomic E-state index is 3.73. The Labute approximate surface area is 109 Å². The molecule has 1 N–H and O–H groups in total. The molecule has 0 aromatic heterocycles. The number of likely N-dealkylation sites (N-methyl/N-ethyl adjacent to an activating group) is 1. The van der Waals surface area contributed by atoms with Crippen LogP contribution in [-0.4, -0.2) is 37.1 Å². The van der Waals surface area contributed by atoms with Crippen molar-refractivity contribution in [2.45, 2.75) is 72.4 Å². The van der Waals surface area contributed by atoms with Crippen LogP contribution in [0, 0.1) is 5.92 Å². The summed E-state index contributed by atoms with van der Waals surface area (Å²) in [6.07, 6.45) is 5.03. The molecular formula is C15H34N2. The molecule has 2 unspecified atom stereocenters. The average molecular weight is 242 g/mol. The van der Waals surface area contributed by atoms with E-state index in [1.807, 2.05) is 0 Å². The topological polar surface area (TPSA) is 15.3 Å². The Morgan fingerprint density at radius 2 is 1.71 bits per heavy atom. The summed E-state index contributed by atoms with van der Waals surface area (Å²) in [7, 11) is 2.28. The van der Waals surface area contributed by atoms with Gasteiger partial charge < -0.3 is 10.2 Å². The quantitative estimate of drug-likeness (QED) is 0.630. The van der Waals surface area contributed by atoms with Crippen LogP contribution in [0.2, 0.25) is 0 Å². The van der Waals surface area contributed by atoms with Gasteiger partial charge in [0.2, 0.25) is 0 Å². The molecule has 0 bridgehead atoms. The second kappa shape index (κ2) is 9.90. The first kappa shape index (κ1) is 16.9. The summed E-state index contributed by atoms with van der Waals surface area (Å²) >= 11 is 0. The highest BCUT2D eigenvalue weighted by Gasteiger charge is 2.22. The molecule has 0 saturated heterocycles. The van der Waals surface area contributed by atoms with Gasteiger partial charge in [0, 0.05) is 18.6 Å². The van der Waals surface area contributed by atoms with Crippen molar-refractivity contribution in [2.24, 2.45) is 5.92 Å². The SMILES string of the molecule is CCCNC(CCC)C(CC)N(C)CC(C)C. The Bertz CT molecular complexity index is 168. The van der Waals surface area contributed by atoms with Crippen molar-refractivity contribution >= 4 is 0 Å². The first-order valence-corrected chi connectivity index (χ1v) is 7.50. The van der Waals surface area contributed by atoms with Crippen LogP contribution < -0.4 is 5.32 Å². The van der Waals surface area contributed by atoms with Crippen molar-refractivity contribution in [1.29, 1.82) is 0 Å². The maximum Gasteiger partial charge on any atom is 0.0243 e. The van der Waals surface area contributed by atoms with Crippen LogP contribution in [0.5, 0.6) is 0 Å². The fourth-order valence-corrected chi connectivity index (χ4v) is 2.69. The number of rotatable bonds is 10. The van der Waals surface area contributed by atoms with E-state index >= 15 is 0 Å². The van der Waals surface area contributed by atoms with E-state index in [-0.39, 0.29) is 0 Å². The van der Waals surface area contributed by atoms with Gasteiger partial charge in [-0.1, -0.05) is 41.0 Å². The Morgan fingerprint density at radius 3 is 2.12 bits per heavy atom. The van der Waals surface area contributed by atoms with Gasteiger partial charge in [-0.2, -0.15) is 0 Å². The van der Waals surface area contributed by atoms with Crippen molar-refractivity contribution in [3.63, 3.8) is 0 Å². The molecule has 104 valence electrons. The van der Waals surface area contributed by atoms with Gasteiger partial charge in [0.25, 0.3) is 0 Å². The van der Waals surface area contributed by atoms with E-state index < -0.39 is 0 Å². The number of nitrogens with zero attached hydrogens (tertiary/aromatic N) is 1. The molecule has 2 nitrogen and oxygen atoms in total. The van der Waals surface area contributed by atoms with Crippen LogP contribution >= 0.6 is 0 Å². The summed E-state index contributed by atoms with van der Waals surface area (Å²) in [6, 6.07) is 1.34. The van der Waals surface area contributed by atoms with Gasteiger partial charge in [0.15, 0.2) is 0 Å². The minimum atomic E-state index is 0.661. The second-order valence-electron chi connectivity index (χ2n) is 5.66. The predicted octanol–water partition coefficient (Wildman–Crippen LogP) is 3.52. The van der Waals surface area contributed by atoms with E-state index in [2.05, 4.69) is 51.9 Å². The number of hydrogen-bond donors (Lipinski definition) is 1. The maximum absolute atomic E-state index is 3.73. The van der Waals surface area contributed by atoms with Crippen molar-refractivity contribution in [2.75, 3.05) is 20.1 Å². The molecule has 0 aliphatic heterocycles. The third kappa shape index (κ3) is 7.05. The zero-order valence-electron chi connectivity index (χ0n) is 12.9. The van der Waals surface area contributed by atoms with Gasteiger partial charge in [0.1, 0.15) is 0 Å². The summed E-state index contributed by atoms with van der Waals surface area (Å²) in [5.74, 6) is 0.752. The first-order chi connectivity index (χ1) is 8.06. The molecule has 0 saturated carbocycles. The summed E-state index contributed by atoms with van der Waals surface area (Å²) in [4.78, 5) is 2.55. The fraction of sp³-hybridized carbons (Fsp3) is 1.00. The molecule has 0 aliphatic rings. The van der Waals surface area contributed by atoms with Crippen LogP contribution in [0.15, 0.2) is 0 Å². The summed E-state index contributed by atoms with van der Waals surface area (Å²) in [6.45, 7) is 13.8. The fourth-order valence-electron chi connectivity index (χ4n) is 2.69. The molecule has 0 fully saturated rings. The number of nitrogens with one attached hydrogen (secondary N) is 1. The average Bonchev–Trinajstić information content (AvgIpc) is 2.25. The molecule has 0 amide bonds. The molecule has 0 heterocycles. The highest BCUT2D eigenvalue weighted by molar-refractivity contribution is 4.82. The third-order valence-corrected chi connectivity index (χ3v) is 3.36. The minimum absolute atomic E-state index is 0.661. The van der Waals surface area contributed by atoms with Gasteiger partial charge >= 0.3 is 0 Å². The molecule has 0 spiro atoms. The summed E-state index contributed by atoms with van der Waals surface area (Å²) in [5.41, 5.74) is 0. The smallest absolute Gasteiger partial charge is 0.0243 e. The molecular weight excluding hydrogens is 208 g/mol. The second-order valence-corrected chi connectivity index (χ2v) is 5.66. The Balaban J connectivity index is 4.40. The summed E-state index contributed by atoms with van der Waals surface area (Å²) < 4.78 is 0. The predicted molar refractivity (Wildman–Crippen MR) is 78.5 cm³/mol. The first-order valence-electron chi connectivity index (χ1n) is 7.50. The van der Waals surface area contributed by atoms with Crippen molar-refractivity contribution < 1.29 is 0 Å². The van der Waals surface area contributed by atoms with Gasteiger partial charge in [-0.15, -0.1) is 0 Å². The van der Waals surface area contributed by atoms with Crippen molar-refractivity contribution in [3.05, 3.63) is 0 Å². The van der Waals surface area contributed by atoms with Gasteiger partial charge in [-0.05, 0) is 38.8 Å². The van der Waals surface area contributed by atoms with Crippen molar-refractivity contribution in [1.82, 2.24) is 10.2 Å². The Morgan fingerprint density at radius 1 is 1.06 bits per heavy atom. The highest BCUT2D eigenvalue weighted by Crippen LogP contribution is 2.14. The van der Waals surface area contributed by atoms with E-state index in [1.54, 1.807) is 0 Å². The molecule has 0 rings (SSSR count). The zero-order chi connectivity index (χ0) is 13.3. The highest BCUT2D eigenvalue weighted by atomic mass is 15.2. The number of hydrogen-bond acceptors (Lipinski definition) is 2. The Kier molecular flexibility index (Phi) is 9.85. The van der Waals surface area contributed by atoms with Crippen LogP contribution in [0.4, 0.5) is 0 Å². The molecule has 17 heavy (non-hydrogen) atoms. The molecule has 2 heteroatoms. The molecule has 2 atom stereocenters. The lowest BCUT2D eigenvalue weighted by atomic mass is 9.98. The Hall–Kier alpha value is -0.0800. The van der Waals surface area contributed by atoms with Crippen LogP contribution in [0.25, 0.3) is 0 Å². The molecule has 0 aromatic carbocycles. The van der Waals surface area contributed by atoms with E-state index in [9.17, 15) is 0 Å². The molecule has 0 aromatic rings. The molecule has 0 aliphatic carbocycles. The van der Waals surface area contributed by atoms with E-state index in [0.717, 1.165) is 12.5 Å².